The second kappa shape index (κ2) is 7.26. The van der Waals surface area contributed by atoms with Crippen molar-refractivity contribution >= 4 is 0 Å². The van der Waals surface area contributed by atoms with Crippen molar-refractivity contribution in [1.29, 1.82) is 0 Å². The zero-order chi connectivity index (χ0) is 10.9. The summed E-state index contributed by atoms with van der Waals surface area (Å²) >= 11 is 0. The Morgan fingerprint density at radius 3 is 2.53 bits per heavy atom. The van der Waals surface area contributed by atoms with Crippen molar-refractivity contribution in [1.82, 2.24) is 4.90 Å². The molecule has 0 aliphatic rings. The summed E-state index contributed by atoms with van der Waals surface area (Å²) < 4.78 is 5.60. The van der Waals surface area contributed by atoms with Crippen LogP contribution in [0.5, 0.6) is 5.75 Å². The number of rotatable bonds is 7. The molecule has 84 valence electrons. The lowest BCUT2D eigenvalue weighted by atomic mass is 10.3. The van der Waals surface area contributed by atoms with Crippen LogP contribution in [0.1, 0.15) is 6.92 Å². The monoisotopic (exact) mass is 208 g/mol. The Kier molecular flexibility index (Phi) is 5.81. The van der Waals surface area contributed by atoms with E-state index in [1.54, 1.807) is 0 Å². The summed E-state index contributed by atoms with van der Waals surface area (Å²) in [5.74, 6) is 0.932. The Morgan fingerprint density at radius 1 is 1.20 bits per heavy atom. The number of benzene rings is 1. The van der Waals surface area contributed by atoms with Crippen molar-refractivity contribution in [2.75, 3.05) is 32.8 Å². The maximum absolute atomic E-state index is 5.60. The van der Waals surface area contributed by atoms with E-state index in [2.05, 4.69) is 11.8 Å². The first-order chi connectivity index (χ1) is 7.36. The highest BCUT2D eigenvalue weighted by atomic mass is 16.5. The maximum atomic E-state index is 5.60. The lowest BCUT2D eigenvalue weighted by molar-refractivity contribution is 0.219. The molecule has 0 spiro atoms. The van der Waals surface area contributed by atoms with Crippen LogP contribution in [0.3, 0.4) is 0 Å². The van der Waals surface area contributed by atoms with E-state index in [1.807, 2.05) is 30.3 Å². The van der Waals surface area contributed by atoms with Crippen LogP contribution in [0.2, 0.25) is 0 Å². The van der Waals surface area contributed by atoms with E-state index in [-0.39, 0.29) is 0 Å². The SMILES string of the molecule is CCN(CCN)CCOc1ccccc1. The Balaban J connectivity index is 2.20. The molecule has 0 saturated heterocycles. The minimum absolute atomic E-state index is 0.708. The third-order valence-corrected chi connectivity index (χ3v) is 2.31. The summed E-state index contributed by atoms with van der Waals surface area (Å²) in [6.07, 6.45) is 0. The smallest absolute Gasteiger partial charge is 0.119 e. The van der Waals surface area contributed by atoms with Gasteiger partial charge in [-0.3, -0.25) is 4.90 Å². The first kappa shape index (κ1) is 12.0. The van der Waals surface area contributed by atoms with E-state index in [4.69, 9.17) is 10.5 Å². The van der Waals surface area contributed by atoms with E-state index in [9.17, 15) is 0 Å². The van der Waals surface area contributed by atoms with Crippen LogP contribution in [-0.4, -0.2) is 37.7 Å². The van der Waals surface area contributed by atoms with E-state index < -0.39 is 0 Å². The topological polar surface area (TPSA) is 38.5 Å². The molecule has 0 bridgehead atoms. The number of nitrogens with two attached hydrogens (primary N) is 1. The molecule has 0 heterocycles. The highest BCUT2D eigenvalue weighted by Crippen LogP contribution is 2.07. The molecule has 0 amide bonds. The number of para-hydroxylation sites is 1. The van der Waals surface area contributed by atoms with Crippen molar-refractivity contribution in [3.63, 3.8) is 0 Å². The van der Waals surface area contributed by atoms with Gasteiger partial charge in [0.2, 0.25) is 0 Å². The van der Waals surface area contributed by atoms with Crippen LogP contribution in [-0.2, 0) is 0 Å². The number of ether oxygens (including phenoxy) is 1. The van der Waals surface area contributed by atoms with Gasteiger partial charge in [0.05, 0.1) is 0 Å². The minimum atomic E-state index is 0.708. The van der Waals surface area contributed by atoms with Gasteiger partial charge < -0.3 is 10.5 Å². The number of nitrogens with zero attached hydrogens (tertiary/aromatic N) is 1. The summed E-state index contributed by atoms with van der Waals surface area (Å²) in [6, 6.07) is 9.89. The first-order valence-electron chi connectivity index (χ1n) is 5.47. The summed E-state index contributed by atoms with van der Waals surface area (Å²) in [5.41, 5.74) is 5.51. The molecule has 0 radical (unpaired) electrons. The molecule has 0 aromatic heterocycles. The quantitative estimate of drug-likeness (QED) is 0.735. The summed E-state index contributed by atoms with van der Waals surface area (Å²) in [6.45, 7) is 6.46. The largest absolute Gasteiger partial charge is 0.492 e. The molecule has 2 N–H and O–H groups in total. The van der Waals surface area contributed by atoms with Gasteiger partial charge in [0.25, 0.3) is 0 Å². The summed E-state index contributed by atoms with van der Waals surface area (Å²) in [7, 11) is 0. The molecule has 3 nitrogen and oxygen atoms in total. The molecule has 0 saturated carbocycles. The lowest BCUT2D eigenvalue weighted by Crippen LogP contribution is -2.32. The molecule has 0 atom stereocenters. The molecule has 0 aliphatic carbocycles. The van der Waals surface area contributed by atoms with Gasteiger partial charge in [-0.05, 0) is 18.7 Å². The van der Waals surface area contributed by atoms with Gasteiger partial charge in [0.1, 0.15) is 12.4 Å². The fourth-order valence-electron chi connectivity index (χ4n) is 1.42. The predicted octanol–water partition coefficient (Wildman–Crippen LogP) is 1.35. The Labute approximate surface area is 91.8 Å². The highest BCUT2D eigenvalue weighted by molar-refractivity contribution is 5.20. The average Bonchev–Trinajstić information content (AvgIpc) is 2.29. The molecule has 0 fully saturated rings. The van der Waals surface area contributed by atoms with E-state index in [0.717, 1.165) is 32.0 Å². The van der Waals surface area contributed by atoms with Crippen molar-refractivity contribution in [2.45, 2.75) is 6.92 Å². The second-order valence-corrected chi connectivity index (χ2v) is 3.38. The van der Waals surface area contributed by atoms with E-state index >= 15 is 0 Å². The highest BCUT2D eigenvalue weighted by Gasteiger charge is 2.00. The van der Waals surface area contributed by atoms with Crippen molar-refractivity contribution in [3.8, 4) is 5.75 Å². The van der Waals surface area contributed by atoms with E-state index in [0.29, 0.717) is 6.54 Å². The molecule has 0 aliphatic heterocycles. The van der Waals surface area contributed by atoms with E-state index in [1.165, 1.54) is 0 Å². The first-order valence-corrected chi connectivity index (χ1v) is 5.47. The fourth-order valence-corrected chi connectivity index (χ4v) is 1.42. The van der Waals surface area contributed by atoms with Crippen molar-refractivity contribution in [2.24, 2.45) is 5.73 Å². The van der Waals surface area contributed by atoms with Gasteiger partial charge in [-0.1, -0.05) is 25.1 Å². The predicted molar refractivity (Wildman–Crippen MR) is 63.1 cm³/mol. The molecular weight excluding hydrogens is 188 g/mol. The van der Waals surface area contributed by atoms with Gasteiger partial charge in [0, 0.05) is 19.6 Å². The molecule has 0 unspecified atom stereocenters. The van der Waals surface area contributed by atoms with Gasteiger partial charge in [0.15, 0.2) is 0 Å². The Morgan fingerprint density at radius 2 is 1.93 bits per heavy atom. The van der Waals surface area contributed by atoms with Crippen molar-refractivity contribution < 1.29 is 4.74 Å². The Bertz CT molecular complexity index is 251. The molecular formula is C12H20N2O. The lowest BCUT2D eigenvalue weighted by Gasteiger charge is -2.19. The molecule has 1 aromatic carbocycles. The third-order valence-electron chi connectivity index (χ3n) is 2.31. The molecule has 1 aromatic rings. The zero-order valence-corrected chi connectivity index (χ0v) is 9.36. The van der Waals surface area contributed by atoms with Crippen LogP contribution in [0.15, 0.2) is 30.3 Å². The van der Waals surface area contributed by atoms with Crippen LogP contribution in [0.4, 0.5) is 0 Å². The van der Waals surface area contributed by atoms with Crippen LogP contribution in [0, 0.1) is 0 Å². The average molecular weight is 208 g/mol. The summed E-state index contributed by atoms with van der Waals surface area (Å²) in [4.78, 5) is 2.28. The zero-order valence-electron chi connectivity index (χ0n) is 9.36. The molecule has 3 heteroatoms. The standard InChI is InChI=1S/C12H20N2O/c1-2-14(9-8-13)10-11-15-12-6-4-3-5-7-12/h3-7H,2,8-11,13H2,1H3. The normalized spacial score (nSPS) is 10.6. The van der Waals surface area contributed by atoms with Gasteiger partial charge in [-0.25, -0.2) is 0 Å². The second-order valence-electron chi connectivity index (χ2n) is 3.38. The number of hydrogen-bond acceptors (Lipinski definition) is 3. The molecule has 1 rings (SSSR count). The minimum Gasteiger partial charge on any atom is -0.492 e. The molecule has 15 heavy (non-hydrogen) atoms. The van der Waals surface area contributed by atoms with Crippen molar-refractivity contribution in [3.05, 3.63) is 30.3 Å². The fraction of sp³-hybridized carbons (Fsp3) is 0.500. The van der Waals surface area contributed by atoms with Gasteiger partial charge in [-0.2, -0.15) is 0 Å². The van der Waals surface area contributed by atoms with Gasteiger partial charge in [-0.15, -0.1) is 0 Å². The van der Waals surface area contributed by atoms with Crippen LogP contribution in [0.25, 0.3) is 0 Å². The van der Waals surface area contributed by atoms with Crippen LogP contribution < -0.4 is 10.5 Å². The Hall–Kier alpha value is -1.06. The maximum Gasteiger partial charge on any atom is 0.119 e. The third kappa shape index (κ3) is 4.81. The van der Waals surface area contributed by atoms with Crippen LogP contribution >= 0.6 is 0 Å². The van der Waals surface area contributed by atoms with Gasteiger partial charge >= 0.3 is 0 Å². The number of likely N-dealkylation sites (N-methyl/N-ethyl adjacent to an activating group) is 1. The summed E-state index contributed by atoms with van der Waals surface area (Å²) in [5, 5.41) is 0. The number of hydrogen-bond donors (Lipinski definition) is 1.